The fourth-order valence-corrected chi connectivity index (χ4v) is 3.73. The molecule has 1 amide bonds. The second-order valence-electron chi connectivity index (χ2n) is 8.27. The van der Waals surface area contributed by atoms with E-state index in [-0.39, 0.29) is 11.9 Å². The largest absolute Gasteiger partial charge is 0.449 e. The Kier molecular flexibility index (Phi) is 7.28. The number of carbonyl (C=O) groups excluding carboxylic acids is 2. The first-order chi connectivity index (χ1) is 16.5. The lowest BCUT2D eigenvalue weighted by Gasteiger charge is -2.18. The van der Waals surface area contributed by atoms with Gasteiger partial charge in [0, 0.05) is 17.6 Å². The van der Waals surface area contributed by atoms with Gasteiger partial charge in [-0.1, -0.05) is 54.6 Å². The monoisotopic (exact) mass is 453 g/mol. The molecule has 0 fully saturated rings. The van der Waals surface area contributed by atoms with E-state index in [4.69, 9.17) is 4.74 Å². The lowest BCUT2D eigenvalue weighted by atomic mass is 10.1. The third-order valence-corrected chi connectivity index (χ3v) is 5.61. The number of amides is 1. The summed E-state index contributed by atoms with van der Waals surface area (Å²) in [6, 6.07) is 24.6. The first-order valence-corrected chi connectivity index (χ1v) is 11.4. The van der Waals surface area contributed by atoms with Gasteiger partial charge in [-0.2, -0.15) is 0 Å². The molecule has 0 unspecified atom stereocenters. The number of esters is 1. The van der Waals surface area contributed by atoms with Crippen LogP contribution in [0, 0.1) is 0 Å². The molecule has 172 valence electrons. The van der Waals surface area contributed by atoms with Crippen molar-refractivity contribution in [3.05, 3.63) is 96.2 Å². The summed E-state index contributed by atoms with van der Waals surface area (Å²) in [5, 5.41) is 3.61. The maximum Gasteiger partial charge on any atom is 0.339 e. The van der Waals surface area contributed by atoms with Gasteiger partial charge < -0.3 is 10.1 Å². The van der Waals surface area contributed by atoms with Crippen LogP contribution < -0.4 is 5.32 Å². The number of fused-ring (bicyclic) bond motifs is 1. The number of nitrogens with zero attached hydrogens (tertiary/aromatic N) is 2. The van der Waals surface area contributed by atoms with Gasteiger partial charge in [-0.15, -0.1) is 0 Å². The van der Waals surface area contributed by atoms with Crippen molar-refractivity contribution in [2.75, 3.05) is 0 Å². The molecule has 4 aromatic rings. The van der Waals surface area contributed by atoms with Crippen LogP contribution in [0.3, 0.4) is 0 Å². The maximum absolute atomic E-state index is 13.1. The van der Waals surface area contributed by atoms with Crippen LogP contribution >= 0.6 is 0 Å². The van der Waals surface area contributed by atoms with Crippen molar-refractivity contribution in [2.24, 2.45) is 0 Å². The van der Waals surface area contributed by atoms with Crippen molar-refractivity contribution < 1.29 is 14.3 Å². The molecule has 6 heteroatoms. The summed E-state index contributed by atoms with van der Waals surface area (Å²) < 4.78 is 5.56. The number of nitrogens with one attached hydrogen (secondary N) is 1. The minimum absolute atomic E-state index is 0.0497. The van der Waals surface area contributed by atoms with Gasteiger partial charge in [0.15, 0.2) is 6.10 Å². The highest BCUT2D eigenvalue weighted by Gasteiger charge is 2.22. The van der Waals surface area contributed by atoms with E-state index in [1.54, 1.807) is 19.2 Å². The lowest BCUT2D eigenvalue weighted by Crippen LogP contribution is -2.41. The number of rotatable bonds is 8. The fraction of sp³-hybridized carbons (Fsp3) is 0.214. The zero-order valence-electron chi connectivity index (χ0n) is 19.3. The molecule has 0 saturated carbocycles. The molecule has 0 radical (unpaired) electrons. The molecule has 0 saturated heterocycles. The Morgan fingerprint density at radius 2 is 1.65 bits per heavy atom. The highest BCUT2D eigenvalue weighted by molar-refractivity contribution is 6.05. The van der Waals surface area contributed by atoms with Crippen molar-refractivity contribution in [2.45, 2.75) is 38.8 Å². The number of ether oxygens (including phenoxy) is 1. The number of aromatic nitrogens is 2. The van der Waals surface area contributed by atoms with Gasteiger partial charge in [0.2, 0.25) is 0 Å². The predicted molar refractivity (Wildman–Crippen MR) is 132 cm³/mol. The van der Waals surface area contributed by atoms with Gasteiger partial charge in [0.1, 0.15) is 0 Å². The Balaban J connectivity index is 1.45. The van der Waals surface area contributed by atoms with Crippen molar-refractivity contribution >= 4 is 22.8 Å². The molecule has 6 nitrogen and oxygen atoms in total. The Morgan fingerprint density at radius 3 is 2.41 bits per heavy atom. The van der Waals surface area contributed by atoms with E-state index >= 15 is 0 Å². The zero-order chi connectivity index (χ0) is 23.9. The van der Waals surface area contributed by atoms with E-state index in [2.05, 4.69) is 27.4 Å². The zero-order valence-corrected chi connectivity index (χ0v) is 19.3. The third-order valence-electron chi connectivity index (χ3n) is 5.61. The molecule has 2 atom stereocenters. The van der Waals surface area contributed by atoms with Gasteiger partial charge in [0.05, 0.1) is 22.5 Å². The molecule has 4 rings (SSSR count). The summed E-state index contributed by atoms with van der Waals surface area (Å²) in [5.74, 6) is -0.896. The Hall–Kier alpha value is -4.06. The van der Waals surface area contributed by atoms with Gasteiger partial charge in [-0.3, -0.25) is 9.78 Å². The third kappa shape index (κ3) is 5.64. The quantitative estimate of drug-likeness (QED) is 0.381. The van der Waals surface area contributed by atoms with Gasteiger partial charge >= 0.3 is 5.97 Å². The molecule has 0 spiro atoms. The fourth-order valence-electron chi connectivity index (χ4n) is 3.73. The summed E-state index contributed by atoms with van der Waals surface area (Å²) >= 11 is 0. The topological polar surface area (TPSA) is 81.2 Å². The number of aryl methyl sites for hydroxylation is 1. The smallest absolute Gasteiger partial charge is 0.339 e. The van der Waals surface area contributed by atoms with Crippen molar-refractivity contribution in [1.82, 2.24) is 15.3 Å². The molecule has 0 bridgehead atoms. The summed E-state index contributed by atoms with van der Waals surface area (Å²) in [5.41, 5.74) is 3.45. The van der Waals surface area contributed by atoms with Crippen molar-refractivity contribution in [3.63, 3.8) is 0 Å². The number of benzene rings is 2. The van der Waals surface area contributed by atoms with E-state index in [0.29, 0.717) is 27.9 Å². The van der Waals surface area contributed by atoms with Crippen LogP contribution in [0.5, 0.6) is 0 Å². The Bertz CT molecular complexity index is 1280. The number of hydrogen-bond acceptors (Lipinski definition) is 5. The summed E-state index contributed by atoms with van der Waals surface area (Å²) in [4.78, 5) is 34.8. The molecular formula is C28H27N3O3. The van der Waals surface area contributed by atoms with E-state index in [9.17, 15) is 9.59 Å². The summed E-state index contributed by atoms with van der Waals surface area (Å²) in [6.45, 7) is 3.53. The number of para-hydroxylation sites is 1. The van der Waals surface area contributed by atoms with Crippen LogP contribution in [-0.2, 0) is 16.0 Å². The van der Waals surface area contributed by atoms with E-state index in [1.165, 1.54) is 5.56 Å². The van der Waals surface area contributed by atoms with E-state index in [1.807, 2.05) is 67.6 Å². The average Bonchev–Trinajstić information content (AvgIpc) is 2.87. The molecule has 2 aromatic carbocycles. The number of pyridine rings is 2. The SMILES string of the molecule is C[C@H](CCc1ccccc1)NC(=O)[C@H](C)OC(=O)c1cc(-c2ccccn2)nc2ccccc12. The highest BCUT2D eigenvalue weighted by atomic mass is 16.5. The second-order valence-corrected chi connectivity index (χ2v) is 8.27. The van der Waals surface area contributed by atoms with Crippen molar-refractivity contribution in [1.29, 1.82) is 0 Å². The van der Waals surface area contributed by atoms with Crippen LogP contribution in [0.1, 0.15) is 36.2 Å². The first-order valence-electron chi connectivity index (χ1n) is 11.4. The van der Waals surface area contributed by atoms with Crippen molar-refractivity contribution in [3.8, 4) is 11.4 Å². The molecule has 0 aliphatic carbocycles. The number of hydrogen-bond donors (Lipinski definition) is 1. The van der Waals surface area contributed by atoms with Crippen LogP contribution in [-0.4, -0.2) is 34.0 Å². The van der Waals surface area contributed by atoms with Crippen LogP contribution in [0.2, 0.25) is 0 Å². The van der Waals surface area contributed by atoms with Gasteiger partial charge in [-0.05, 0) is 56.5 Å². The summed E-state index contributed by atoms with van der Waals surface area (Å²) in [7, 11) is 0. The molecule has 1 N–H and O–H groups in total. The molecule has 2 heterocycles. The molecule has 2 aromatic heterocycles. The van der Waals surface area contributed by atoms with E-state index in [0.717, 1.165) is 12.8 Å². The standard InChI is InChI=1S/C28H27N3O3/c1-19(15-16-21-10-4-3-5-11-21)30-27(32)20(2)34-28(33)23-18-26(25-14-8-9-17-29-25)31-24-13-7-6-12-22(23)24/h3-14,17-20H,15-16H2,1-2H3,(H,30,32)/t19-,20+/m1/s1. The maximum atomic E-state index is 13.1. The highest BCUT2D eigenvalue weighted by Crippen LogP contribution is 2.24. The van der Waals surface area contributed by atoms with Gasteiger partial charge in [-0.25, -0.2) is 9.78 Å². The lowest BCUT2D eigenvalue weighted by molar-refractivity contribution is -0.129. The minimum Gasteiger partial charge on any atom is -0.449 e. The molecule has 34 heavy (non-hydrogen) atoms. The van der Waals surface area contributed by atoms with Gasteiger partial charge in [0.25, 0.3) is 5.91 Å². The normalized spacial score (nSPS) is 12.6. The minimum atomic E-state index is -0.933. The van der Waals surface area contributed by atoms with Crippen LogP contribution in [0.4, 0.5) is 0 Å². The predicted octanol–water partition coefficient (Wildman–Crippen LogP) is 4.98. The molecule has 0 aliphatic heterocycles. The Morgan fingerprint density at radius 1 is 0.912 bits per heavy atom. The average molecular weight is 454 g/mol. The van der Waals surface area contributed by atoms with E-state index < -0.39 is 12.1 Å². The molecule has 0 aliphatic rings. The van der Waals surface area contributed by atoms with Crippen LogP contribution in [0.15, 0.2) is 85.1 Å². The summed E-state index contributed by atoms with van der Waals surface area (Å²) in [6.07, 6.45) is 2.39. The molecular weight excluding hydrogens is 426 g/mol. The second kappa shape index (κ2) is 10.7. The number of carbonyl (C=O) groups is 2. The Labute approximate surface area is 199 Å². The van der Waals surface area contributed by atoms with Crippen LogP contribution in [0.25, 0.3) is 22.3 Å². The first kappa shape index (κ1) is 23.1.